The molecule has 1 aliphatic rings. The first-order valence-corrected chi connectivity index (χ1v) is 10.8. The molecule has 1 atom stereocenters. The highest BCUT2D eigenvalue weighted by atomic mass is 19.4. The van der Waals surface area contributed by atoms with Crippen molar-refractivity contribution in [3.05, 3.63) is 93.4 Å². The van der Waals surface area contributed by atoms with Crippen molar-refractivity contribution in [2.75, 3.05) is 0 Å². The lowest BCUT2D eigenvalue weighted by Gasteiger charge is -2.22. The van der Waals surface area contributed by atoms with E-state index in [0.29, 0.717) is 23.8 Å². The molecule has 1 aromatic carbocycles. The van der Waals surface area contributed by atoms with Crippen LogP contribution in [0.1, 0.15) is 52.9 Å². The number of hydrogen-bond acceptors (Lipinski definition) is 4. The van der Waals surface area contributed by atoms with E-state index in [1.165, 1.54) is 12.1 Å². The van der Waals surface area contributed by atoms with Gasteiger partial charge in [0.25, 0.3) is 5.56 Å². The van der Waals surface area contributed by atoms with E-state index >= 15 is 0 Å². The van der Waals surface area contributed by atoms with Gasteiger partial charge in [-0.25, -0.2) is 14.6 Å². The number of nitrogens with one attached hydrogen (secondary N) is 1. The van der Waals surface area contributed by atoms with E-state index in [-0.39, 0.29) is 11.5 Å². The van der Waals surface area contributed by atoms with Gasteiger partial charge in [-0.05, 0) is 61.7 Å². The third kappa shape index (κ3) is 4.30. The van der Waals surface area contributed by atoms with E-state index in [0.717, 1.165) is 42.1 Å². The van der Waals surface area contributed by atoms with Crippen molar-refractivity contribution in [2.45, 2.75) is 38.4 Å². The lowest BCUT2D eigenvalue weighted by molar-refractivity contribution is -0.137. The fourth-order valence-corrected chi connectivity index (χ4v) is 4.16. The molecule has 0 fully saturated rings. The van der Waals surface area contributed by atoms with Gasteiger partial charge in [-0.15, -0.1) is 0 Å². The summed E-state index contributed by atoms with van der Waals surface area (Å²) in [6.45, 7) is 2.55. The molecule has 4 aromatic rings. The third-order valence-corrected chi connectivity index (χ3v) is 5.84. The molecule has 0 saturated carbocycles. The number of nitrogens with zero attached hydrogens (tertiary/aromatic N) is 5. The van der Waals surface area contributed by atoms with Crippen LogP contribution in [0.3, 0.4) is 0 Å². The number of aromatic nitrogens is 6. The van der Waals surface area contributed by atoms with Crippen molar-refractivity contribution >= 4 is 12.2 Å². The number of imidazole rings is 1. The van der Waals surface area contributed by atoms with Crippen LogP contribution in [0.5, 0.6) is 0 Å². The Labute approximate surface area is 192 Å². The Hall–Kier alpha value is -3.95. The highest BCUT2D eigenvalue weighted by Crippen LogP contribution is 2.35. The summed E-state index contributed by atoms with van der Waals surface area (Å²) >= 11 is 0. The van der Waals surface area contributed by atoms with E-state index < -0.39 is 11.7 Å². The maximum atomic E-state index is 12.9. The van der Waals surface area contributed by atoms with Gasteiger partial charge >= 0.3 is 6.18 Å². The quantitative estimate of drug-likeness (QED) is 0.478. The Morgan fingerprint density at radius 2 is 1.91 bits per heavy atom. The van der Waals surface area contributed by atoms with Gasteiger partial charge in [-0.2, -0.15) is 18.3 Å². The molecular weight excluding hydrogens is 445 g/mol. The summed E-state index contributed by atoms with van der Waals surface area (Å²) in [6.07, 6.45) is 4.07. The van der Waals surface area contributed by atoms with Crippen molar-refractivity contribution in [2.24, 2.45) is 0 Å². The van der Waals surface area contributed by atoms with Crippen LogP contribution in [-0.2, 0) is 12.7 Å². The molecule has 1 N–H and O–H groups in total. The monoisotopic (exact) mass is 466 g/mol. The minimum absolute atomic E-state index is 0.122. The molecule has 0 radical (unpaired) electrons. The summed E-state index contributed by atoms with van der Waals surface area (Å²) in [5, 5.41) is 4.52. The molecule has 10 heteroatoms. The number of alkyl halides is 3. The molecule has 5 rings (SSSR count). The number of aromatic amines is 1. The van der Waals surface area contributed by atoms with Gasteiger partial charge in [-0.3, -0.25) is 4.79 Å². The van der Waals surface area contributed by atoms with E-state index in [1.54, 1.807) is 46.1 Å². The number of fused-ring (bicyclic) bond motifs is 1. The number of hydrogen-bond donors (Lipinski definition) is 1. The molecule has 0 unspecified atom stereocenters. The van der Waals surface area contributed by atoms with Crippen LogP contribution in [0.2, 0.25) is 0 Å². The summed E-state index contributed by atoms with van der Waals surface area (Å²) in [5.41, 5.74) is 1.74. The summed E-state index contributed by atoms with van der Waals surface area (Å²) < 4.78 is 42.2. The van der Waals surface area contributed by atoms with Crippen molar-refractivity contribution in [1.82, 2.24) is 29.3 Å². The summed E-state index contributed by atoms with van der Waals surface area (Å²) in [7, 11) is 0. The normalized spacial score (nSPS) is 16.2. The minimum atomic E-state index is -4.36. The molecule has 4 heterocycles. The Morgan fingerprint density at radius 3 is 2.59 bits per heavy atom. The zero-order valence-corrected chi connectivity index (χ0v) is 18.3. The zero-order valence-electron chi connectivity index (χ0n) is 18.3. The average molecular weight is 466 g/mol. The van der Waals surface area contributed by atoms with Crippen LogP contribution in [-0.4, -0.2) is 29.3 Å². The topological polar surface area (TPSA) is 81.4 Å². The van der Waals surface area contributed by atoms with E-state index in [9.17, 15) is 18.0 Å². The maximum Gasteiger partial charge on any atom is 0.416 e. The Bertz CT molecular complexity index is 1410. The fraction of sp³-hybridized carbons (Fsp3) is 0.250. The van der Waals surface area contributed by atoms with E-state index in [2.05, 4.69) is 20.1 Å². The van der Waals surface area contributed by atoms with Gasteiger partial charge in [0.15, 0.2) is 5.82 Å². The van der Waals surface area contributed by atoms with Gasteiger partial charge in [-0.1, -0.05) is 12.1 Å². The van der Waals surface area contributed by atoms with Crippen LogP contribution in [0.15, 0.2) is 53.7 Å². The lowest BCUT2D eigenvalue weighted by atomic mass is 9.90. The lowest BCUT2D eigenvalue weighted by Crippen LogP contribution is -2.18. The molecule has 0 spiro atoms. The summed E-state index contributed by atoms with van der Waals surface area (Å²) in [6, 6.07) is 8.74. The maximum absolute atomic E-state index is 12.9. The number of H-pyrrole nitrogens is 1. The number of benzene rings is 1. The largest absolute Gasteiger partial charge is 0.416 e. The SMILES string of the molecule is Cc1cn(-c2ccc(C=Cc3nc4n(n3)CCC[C@H]4c3ccc(C(F)(F)F)cc3)[nH]c2=O)cn1. The predicted octanol–water partition coefficient (Wildman–Crippen LogP) is 4.58. The molecule has 0 bridgehead atoms. The number of rotatable bonds is 4. The first-order valence-electron chi connectivity index (χ1n) is 10.8. The molecule has 0 amide bonds. The third-order valence-electron chi connectivity index (χ3n) is 5.84. The molecular formula is C24H21F3N6O. The predicted molar refractivity (Wildman–Crippen MR) is 120 cm³/mol. The highest BCUT2D eigenvalue weighted by Gasteiger charge is 2.31. The Balaban J connectivity index is 1.37. The highest BCUT2D eigenvalue weighted by molar-refractivity contribution is 5.64. The van der Waals surface area contributed by atoms with Crippen molar-refractivity contribution in [1.29, 1.82) is 0 Å². The summed E-state index contributed by atoms with van der Waals surface area (Å²) in [5.74, 6) is 1.08. The molecule has 3 aromatic heterocycles. The Morgan fingerprint density at radius 1 is 1.12 bits per heavy atom. The summed E-state index contributed by atoms with van der Waals surface area (Å²) in [4.78, 5) is 24.0. The van der Waals surface area contributed by atoms with Crippen LogP contribution >= 0.6 is 0 Å². The zero-order chi connectivity index (χ0) is 23.9. The average Bonchev–Trinajstić information content (AvgIpc) is 3.43. The van der Waals surface area contributed by atoms with Crippen LogP contribution < -0.4 is 5.56 Å². The Kier molecular flexibility index (Phi) is 5.43. The first kappa shape index (κ1) is 21.9. The van der Waals surface area contributed by atoms with Gasteiger partial charge in [0, 0.05) is 24.4 Å². The second-order valence-electron chi connectivity index (χ2n) is 8.25. The van der Waals surface area contributed by atoms with Crippen molar-refractivity contribution in [3.8, 4) is 5.69 Å². The van der Waals surface area contributed by atoms with Gasteiger partial charge in [0.05, 0.1) is 17.6 Å². The van der Waals surface area contributed by atoms with Crippen LogP contribution in [0.25, 0.3) is 17.8 Å². The second-order valence-corrected chi connectivity index (χ2v) is 8.25. The standard InChI is InChI=1S/C24H21F3N6O/c1-15-13-32(14-28-15)20-10-8-18(29-23(20)34)9-11-21-30-22-19(3-2-12-33(22)31-21)16-4-6-17(7-5-16)24(25,26)27/h4-11,13-14,19H,2-3,12H2,1H3,(H,29,34)/t19-/m0/s1. The number of halogens is 3. The molecule has 34 heavy (non-hydrogen) atoms. The first-order chi connectivity index (χ1) is 16.3. The van der Waals surface area contributed by atoms with Crippen molar-refractivity contribution < 1.29 is 13.2 Å². The van der Waals surface area contributed by atoms with Crippen molar-refractivity contribution in [3.63, 3.8) is 0 Å². The van der Waals surface area contributed by atoms with Crippen LogP contribution in [0.4, 0.5) is 13.2 Å². The van der Waals surface area contributed by atoms with Gasteiger partial charge in [0.2, 0.25) is 0 Å². The van der Waals surface area contributed by atoms with Gasteiger partial charge in [0.1, 0.15) is 11.5 Å². The minimum Gasteiger partial charge on any atom is -0.321 e. The fourth-order valence-electron chi connectivity index (χ4n) is 4.16. The molecule has 1 aliphatic heterocycles. The second kappa shape index (κ2) is 8.44. The molecule has 7 nitrogen and oxygen atoms in total. The molecule has 0 saturated heterocycles. The molecule has 0 aliphatic carbocycles. The van der Waals surface area contributed by atoms with E-state index in [4.69, 9.17) is 0 Å². The van der Waals surface area contributed by atoms with Gasteiger partial charge < -0.3 is 9.55 Å². The number of aryl methyl sites for hydroxylation is 2. The van der Waals surface area contributed by atoms with E-state index in [1.807, 2.05) is 6.92 Å². The smallest absolute Gasteiger partial charge is 0.321 e. The number of pyridine rings is 1. The molecule has 174 valence electrons. The van der Waals surface area contributed by atoms with Crippen LogP contribution in [0, 0.1) is 6.92 Å².